The van der Waals surface area contributed by atoms with E-state index in [4.69, 9.17) is 27.6 Å². The molecule has 1 aliphatic heterocycles. The van der Waals surface area contributed by atoms with E-state index in [1.165, 1.54) is 24.0 Å². The van der Waals surface area contributed by atoms with Crippen molar-refractivity contribution in [3.05, 3.63) is 57.6 Å². The fourth-order valence-electron chi connectivity index (χ4n) is 4.33. The van der Waals surface area contributed by atoms with Gasteiger partial charge in [-0.1, -0.05) is 49.2 Å². The molecule has 1 N–H and O–H groups in total. The number of oxazole rings is 1. The minimum absolute atomic E-state index is 0.292. The van der Waals surface area contributed by atoms with Gasteiger partial charge in [-0.2, -0.15) is 4.98 Å². The highest BCUT2D eigenvalue weighted by atomic mass is 35.5. The molecule has 3 aromatic rings. The van der Waals surface area contributed by atoms with E-state index in [1.807, 2.05) is 18.2 Å². The third-order valence-corrected chi connectivity index (χ3v) is 7.07. The summed E-state index contributed by atoms with van der Waals surface area (Å²) in [6, 6.07) is 13.0. The van der Waals surface area contributed by atoms with Gasteiger partial charge < -0.3 is 14.6 Å². The number of fused-ring (bicyclic) bond motifs is 1. The SMILES string of the molecule is Cc1ccc2oc(NC(CN3CCC(Cc4ccc(Cl)c(Cl)c4)CC3)C(C)C)nc2c1. The van der Waals surface area contributed by atoms with Crippen LogP contribution in [0.2, 0.25) is 10.0 Å². The van der Waals surface area contributed by atoms with Crippen LogP contribution in [0.25, 0.3) is 11.1 Å². The Hall–Kier alpha value is -1.75. The predicted octanol–water partition coefficient (Wildman–Crippen LogP) is 6.83. The van der Waals surface area contributed by atoms with Crippen LogP contribution in [-0.4, -0.2) is 35.6 Å². The van der Waals surface area contributed by atoms with E-state index >= 15 is 0 Å². The van der Waals surface area contributed by atoms with Crippen molar-refractivity contribution >= 4 is 40.3 Å². The third kappa shape index (κ3) is 5.74. The van der Waals surface area contributed by atoms with Crippen LogP contribution in [0.4, 0.5) is 6.01 Å². The summed E-state index contributed by atoms with van der Waals surface area (Å²) in [5.41, 5.74) is 4.21. The summed E-state index contributed by atoms with van der Waals surface area (Å²) >= 11 is 12.2. The Morgan fingerprint density at radius 2 is 1.87 bits per heavy atom. The van der Waals surface area contributed by atoms with E-state index in [9.17, 15) is 0 Å². The zero-order valence-corrected chi connectivity index (χ0v) is 20.0. The van der Waals surface area contributed by atoms with Crippen molar-refractivity contribution in [2.45, 2.75) is 46.1 Å². The number of hydrogen-bond acceptors (Lipinski definition) is 4. The fraction of sp³-hybridized carbons (Fsp3) is 0.480. The number of aromatic nitrogens is 1. The molecule has 6 heteroatoms. The van der Waals surface area contributed by atoms with Crippen molar-refractivity contribution in [3.63, 3.8) is 0 Å². The summed E-state index contributed by atoms with van der Waals surface area (Å²) in [5, 5.41) is 4.83. The molecule has 0 saturated carbocycles. The Kier molecular flexibility index (Phi) is 7.10. The van der Waals surface area contributed by atoms with E-state index in [-0.39, 0.29) is 0 Å². The van der Waals surface area contributed by atoms with Gasteiger partial charge in [0.2, 0.25) is 0 Å². The van der Waals surface area contributed by atoms with Crippen LogP contribution in [0.15, 0.2) is 40.8 Å². The average Bonchev–Trinajstić information content (AvgIpc) is 3.13. The molecule has 1 aromatic heterocycles. The Balaban J connectivity index is 1.32. The van der Waals surface area contributed by atoms with Crippen LogP contribution in [0.3, 0.4) is 0 Å². The molecule has 0 aliphatic carbocycles. The molecule has 1 fully saturated rings. The summed E-state index contributed by atoms with van der Waals surface area (Å²) in [7, 11) is 0. The predicted molar refractivity (Wildman–Crippen MR) is 130 cm³/mol. The van der Waals surface area contributed by atoms with Crippen molar-refractivity contribution in [2.75, 3.05) is 25.0 Å². The van der Waals surface area contributed by atoms with Gasteiger partial charge in [0.1, 0.15) is 5.52 Å². The lowest BCUT2D eigenvalue weighted by atomic mass is 9.89. The number of benzene rings is 2. The van der Waals surface area contributed by atoms with Gasteiger partial charge in [-0.05, 0) is 86.5 Å². The molecule has 4 rings (SSSR count). The maximum atomic E-state index is 6.18. The number of aryl methyl sites for hydroxylation is 1. The molecule has 0 spiro atoms. The Labute approximate surface area is 194 Å². The minimum Gasteiger partial charge on any atom is -0.424 e. The van der Waals surface area contributed by atoms with Gasteiger partial charge in [-0.25, -0.2) is 0 Å². The Bertz CT molecular complexity index is 1020. The van der Waals surface area contributed by atoms with E-state index in [2.05, 4.69) is 54.2 Å². The maximum absolute atomic E-state index is 6.18. The molecule has 31 heavy (non-hydrogen) atoms. The maximum Gasteiger partial charge on any atom is 0.295 e. The van der Waals surface area contributed by atoms with Crippen molar-refractivity contribution in [2.24, 2.45) is 11.8 Å². The molecular weight excluding hydrogens is 429 g/mol. The monoisotopic (exact) mass is 459 g/mol. The van der Waals surface area contributed by atoms with Crippen LogP contribution in [0.5, 0.6) is 0 Å². The largest absolute Gasteiger partial charge is 0.424 e. The summed E-state index contributed by atoms with van der Waals surface area (Å²) in [5.74, 6) is 1.17. The molecule has 1 atom stereocenters. The molecule has 0 radical (unpaired) electrons. The number of nitrogens with zero attached hydrogens (tertiary/aromatic N) is 2. The normalized spacial score (nSPS) is 16.8. The van der Waals surface area contributed by atoms with Crippen molar-refractivity contribution in [1.82, 2.24) is 9.88 Å². The van der Waals surface area contributed by atoms with Gasteiger partial charge in [0.05, 0.1) is 10.0 Å². The van der Waals surface area contributed by atoms with E-state index < -0.39 is 0 Å². The first-order valence-electron chi connectivity index (χ1n) is 11.2. The lowest BCUT2D eigenvalue weighted by Gasteiger charge is -2.35. The van der Waals surface area contributed by atoms with Gasteiger partial charge in [-0.3, -0.25) is 0 Å². The standard InChI is InChI=1S/C25H31Cl2N3O/c1-16(2)23(29-25-28-22-12-17(3)4-7-24(22)31-25)15-30-10-8-18(9-11-30)13-19-5-6-20(26)21(27)14-19/h4-7,12,14,16,18,23H,8-11,13,15H2,1-3H3,(H,28,29). The lowest BCUT2D eigenvalue weighted by Crippen LogP contribution is -2.43. The molecule has 0 bridgehead atoms. The quantitative estimate of drug-likeness (QED) is 0.419. The highest BCUT2D eigenvalue weighted by Crippen LogP contribution is 2.28. The third-order valence-electron chi connectivity index (χ3n) is 6.33. The Morgan fingerprint density at radius 3 is 2.58 bits per heavy atom. The summed E-state index contributed by atoms with van der Waals surface area (Å²) in [6.07, 6.45) is 3.47. The summed E-state index contributed by atoms with van der Waals surface area (Å²) < 4.78 is 5.93. The smallest absolute Gasteiger partial charge is 0.295 e. The highest BCUT2D eigenvalue weighted by Gasteiger charge is 2.24. The molecule has 4 nitrogen and oxygen atoms in total. The summed E-state index contributed by atoms with van der Waals surface area (Å²) in [4.78, 5) is 7.21. The first-order valence-corrected chi connectivity index (χ1v) is 11.9. The number of piperidine rings is 1. The van der Waals surface area contributed by atoms with Crippen LogP contribution < -0.4 is 5.32 Å². The highest BCUT2D eigenvalue weighted by molar-refractivity contribution is 6.42. The van der Waals surface area contributed by atoms with Gasteiger partial charge in [0.15, 0.2) is 5.58 Å². The van der Waals surface area contributed by atoms with E-state index in [0.29, 0.717) is 33.9 Å². The number of hydrogen-bond donors (Lipinski definition) is 1. The second-order valence-corrected chi connectivity index (χ2v) is 10.00. The van der Waals surface area contributed by atoms with Gasteiger partial charge in [-0.15, -0.1) is 0 Å². The second-order valence-electron chi connectivity index (χ2n) is 9.18. The van der Waals surface area contributed by atoms with Crippen LogP contribution in [0.1, 0.15) is 37.8 Å². The molecule has 1 saturated heterocycles. The number of halogens is 2. The topological polar surface area (TPSA) is 41.3 Å². The molecule has 2 heterocycles. The minimum atomic E-state index is 0.292. The number of likely N-dealkylation sites (tertiary alicyclic amines) is 1. The molecule has 2 aromatic carbocycles. The first-order chi connectivity index (χ1) is 14.9. The van der Waals surface area contributed by atoms with Crippen molar-refractivity contribution in [1.29, 1.82) is 0 Å². The van der Waals surface area contributed by atoms with Gasteiger partial charge in [0, 0.05) is 12.6 Å². The average molecular weight is 460 g/mol. The second kappa shape index (κ2) is 9.81. The molecule has 166 valence electrons. The number of nitrogens with one attached hydrogen (secondary N) is 1. The van der Waals surface area contributed by atoms with E-state index in [0.717, 1.165) is 37.2 Å². The van der Waals surface area contributed by atoms with Gasteiger partial charge in [0.25, 0.3) is 6.01 Å². The molecule has 1 aliphatic rings. The molecule has 0 amide bonds. The molecule has 1 unspecified atom stereocenters. The van der Waals surface area contributed by atoms with Crippen molar-refractivity contribution in [3.8, 4) is 0 Å². The number of anilines is 1. The summed E-state index contributed by atoms with van der Waals surface area (Å²) in [6.45, 7) is 9.80. The van der Waals surface area contributed by atoms with Crippen LogP contribution >= 0.6 is 23.2 Å². The van der Waals surface area contributed by atoms with E-state index in [1.54, 1.807) is 0 Å². The van der Waals surface area contributed by atoms with Gasteiger partial charge >= 0.3 is 0 Å². The molecular formula is C25H31Cl2N3O. The first kappa shape index (κ1) is 22.4. The fourth-order valence-corrected chi connectivity index (χ4v) is 4.65. The Morgan fingerprint density at radius 1 is 1.10 bits per heavy atom. The van der Waals surface area contributed by atoms with Crippen LogP contribution in [0, 0.1) is 18.8 Å². The number of rotatable bonds is 7. The zero-order chi connectivity index (χ0) is 22.0. The lowest BCUT2D eigenvalue weighted by molar-refractivity contribution is 0.169. The van der Waals surface area contributed by atoms with Crippen LogP contribution in [-0.2, 0) is 6.42 Å². The zero-order valence-electron chi connectivity index (χ0n) is 18.5. The van der Waals surface area contributed by atoms with Crippen molar-refractivity contribution < 1.29 is 4.42 Å².